The summed E-state index contributed by atoms with van der Waals surface area (Å²) >= 11 is 0. The van der Waals surface area contributed by atoms with Crippen molar-refractivity contribution in [1.82, 2.24) is 4.98 Å². The Morgan fingerprint density at radius 1 is 1.15 bits per heavy atom. The number of rotatable bonds is 11. The zero-order chi connectivity index (χ0) is 19.8. The number of benzene rings is 1. The highest BCUT2D eigenvalue weighted by Gasteiger charge is 2.24. The molecule has 1 unspecified atom stereocenters. The van der Waals surface area contributed by atoms with E-state index in [1.165, 1.54) is 0 Å². The number of para-hydroxylation sites is 1. The molecule has 0 saturated carbocycles. The number of hydrogen-bond donors (Lipinski definition) is 6. The first-order valence-corrected chi connectivity index (χ1v) is 8.62. The quantitative estimate of drug-likeness (QED) is 0.261. The van der Waals surface area contributed by atoms with Crippen LogP contribution in [0.5, 0.6) is 0 Å². The van der Waals surface area contributed by atoms with Crippen LogP contribution >= 0.6 is 0 Å². The molecular formula is C18H26N2O7. The first-order chi connectivity index (χ1) is 13.0. The molecule has 2 aromatic rings. The van der Waals surface area contributed by atoms with Crippen molar-refractivity contribution in [3.63, 3.8) is 0 Å². The largest absolute Gasteiger partial charge is 0.462 e. The van der Waals surface area contributed by atoms with Gasteiger partial charge in [0, 0.05) is 23.5 Å². The van der Waals surface area contributed by atoms with Crippen LogP contribution in [0.3, 0.4) is 0 Å². The molecule has 0 radical (unpaired) electrons. The van der Waals surface area contributed by atoms with Gasteiger partial charge in [-0.05, 0) is 11.6 Å². The molecule has 0 saturated heterocycles. The highest BCUT2D eigenvalue weighted by Crippen LogP contribution is 2.19. The molecule has 9 nitrogen and oxygen atoms in total. The Labute approximate surface area is 156 Å². The predicted molar refractivity (Wildman–Crippen MR) is 96.9 cm³/mol. The summed E-state index contributed by atoms with van der Waals surface area (Å²) in [4.78, 5) is 15.3. The van der Waals surface area contributed by atoms with Crippen LogP contribution in [0.1, 0.15) is 5.56 Å². The van der Waals surface area contributed by atoms with E-state index < -0.39 is 43.5 Å². The van der Waals surface area contributed by atoms with E-state index in [4.69, 9.17) is 25.4 Å². The molecule has 0 aliphatic rings. The number of hydrogen-bond acceptors (Lipinski definition) is 8. The minimum Gasteiger partial charge on any atom is -0.462 e. The third-order valence-electron chi connectivity index (χ3n) is 4.14. The van der Waals surface area contributed by atoms with Gasteiger partial charge in [0.25, 0.3) is 0 Å². The minimum absolute atomic E-state index is 0.264. The number of aliphatic hydroxyl groups is 4. The number of H-pyrrole nitrogens is 1. The first-order valence-electron chi connectivity index (χ1n) is 8.62. The van der Waals surface area contributed by atoms with Gasteiger partial charge in [0.15, 0.2) is 0 Å². The van der Waals surface area contributed by atoms with Crippen LogP contribution in [0.15, 0.2) is 30.5 Å². The van der Waals surface area contributed by atoms with E-state index in [0.717, 1.165) is 16.5 Å². The summed E-state index contributed by atoms with van der Waals surface area (Å²) in [6, 6.07) is 6.72. The molecule has 0 bridgehead atoms. The fraction of sp³-hybridized carbons (Fsp3) is 0.500. The van der Waals surface area contributed by atoms with Crippen LogP contribution in [-0.4, -0.2) is 82.2 Å². The van der Waals surface area contributed by atoms with E-state index in [1.54, 1.807) is 6.20 Å². The van der Waals surface area contributed by atoms with Gasteiger partial charge in [0.1, 0.15) is 31.0 Å². The lowest BCUT2D eigenvalue weighted by atomic mass is 10.1. The van der Waals surface area contributed by atoms with Gasteiger partial charge in [-0.25, -0.2) is 0 Å². The maximum absolute atomic E-state index is 12.2. The van der Waals surface area contributed by atoms with Crippen LogP contribution in [-0.2, 0) is 20.7 Å². The Bertz CT molecular complexity index is 721. The Hall–Kier alpha value is -2.01. The van der Waals surface area contributed by atoms with Gasteiger partial charge < -0.3 is 40.6 Å². The third kappa shape index (κ3) is 5.99. The van der Waals surface area contributed by atoms with Crippen LogP contribution in [0.4, 0.5) is 0 Å². The number of nitrogens with two attached hydrogens (primary N) is 1. The van der Waals surface area contributed by atoms with Crippen molar-refractivity contribution in [3.8, 4) is 0 Å². The fourth-order valence-corrected chi connectivity index (χ4v) is 2.57. The van der Waals surface area contributed by atoms with Crippen LogP contribution in [0.25, 0.3) is 10.9 Å². The summed E-state index contributed by atoms with van der Waals surface area (Å²) < 4.78 is 10.3. The van der Waals surface area contributed by atoms with Crippen molar-refractivity contribution in [1.29, 1.82) is 0 Å². The molecule has 27 heavy (non-hydrogen) atoms. The molecule has 1 heterocycles. The second-order valence-electron chi connectivity index (χ2n) is 6.26. The fourth-order valence-electron chi connectivity index (χ4n) is 2.57. The molecule has 4 atom stereocenters. The summed E-state index contributed by atoms with van der Waals surface area (Å²) in [6.07, 6.45) is -1.46. The van der Waals surface area contributed by atoms with Crippen molar-refractivity contribution in [2.75, 3.05) is 26.4 Å². The highest BCUT2D eigenvalue weighted by atomic mass is 16.6. The Balaban J connectivity index is 1.89. The summed E-state index contributed by atoms with van der Waals surface area (Å²) in [5, 5.41) is 37.9. The van der Waals surface area contributed by atoms with Crippen LogP contribution < -0.4 is 5.73 Å². The number of aliphatic hydroxyl groups excluding tert-OH is 4. The first kappa shape index (κ1) is 21.3. The predicted octanol–water partition coefficient (Wildman–Crippen LogP) is -1.33. The Kier molecular flexibility index (Phi) is 8.17. The third-order valence-corrected chi connectivity index (χ3v) is 4.14. The maximum atomic E-state index is 12.2. The van der Waals surface area contributed by atoms with Gasteiger partial charge in [-0.15, -0.1) is 0 Å². The summed E-state index contributed by atoms with van der Waals surface area (Å²) in [7, 11) is 0. The van der Waals surface area contributed by atoms with Crippen molar-refractivity contribution in [2.45, 2.75) is 30.8 Å². The summed E-state index contributed by atoms with van der Waals surface area (Å²) in [6.45, 7) is -1.76. The van der Waals surface area contributed by atoms with E-state index in [-0.39, 0.29) is 19.6 Å². The minimum atomic E-state index is -1.31. The van der Waals surface area contributed by atoms with Crippen molar-refractivity contribution >= 4 is 16.9 Å². The van der Waals surface area contributed by atoms with Gasteiger partial charge >= 0.3 is 5.97 Å². The Morgan fingerprint density at radius 2 is 1.89 bits per heavy atom. The van der Waals surface area contributed by atoms with Crippen LogP contribution in [0.2, 0.25) is 0 Å². The SMILES string of the molecule is N[C@H](Cc1c[nH]c2ccccc12)C(=O)OC[C@H](OCC(O)CO)[C@H](O)CO. The topological polar surface area (TPSA) is 158 Å². The highest BCUT2D eigenvalue weighted by molar-refractivity contribution is 5.84. The zero-order valence-corrected chi connectivity index (χ0v) is 14.8. The standard InChI is InChI=1S/C18H26N2O7/c19-14(5-11-6-20-15-4-2-1-3-13(11)15)18(25)27-10-17(16(24)8-22)26-9-12(23)7-21/h1-4,6,12,14,16-17,20-24H,5,7-10,19H2/t12?,14-,16-,17+/m1/s1. The molecule has 2 rings (SSSR count). The summed E-state index contributed by atoms with van der Waals surface area (Å²) in [5.74, 6) is -0.679. The molecule has 0 spiro atoms. The average molecular weight is 382 g/mol. The lowest BCUT2D eigenvalue weighted by Gasteiger charge is -2.23. The van der Waals surface area contributed by atoms with Gasteiger partial charge in [-0.2, -0.15) is 0 Å². The second kappa shape index (κ2) is 10.4. The number of aromatic amines is 1. The van der Waals surface area contributed by atoms with Gasteiger partial charge in [0.2, 0.25) is 0 Å². The van der Waals surface area contributed by atoms with Crippen molar-refractivity contribution in [2.24, 2.45) is 5.73 Å². The maximum Gasteiger partial charge on any atom is 0.323 e. The molecular weight excluding hydrogens is 356 g/mol. The molecule has 1 aromatic carbocycles. The zero-order valence-electron chi connectivity index (χ0n) is 14.8. The monoisotopic (exact) mass is 382 g/mol. The van der Waals surface area contributed by atoms with Gasteiger partial charge in [-0.3, -0.25) is 4.79 Å². The van der Waals surface area contributed by atoms with E-state index in [1.807, 2.05) is 24.3 Å². The van der Waals surface area contributed by atoms with E-state index >= 15 is 0 Å². The molecule has 0 aliphatic carbocycles. The summed E-state index contributed by atoms with van der Waals surface area (Å²) in [5.41, 5.74) is 7.74. The number of esters is 1. The van der Waals surface area contributed by atoms with E-state index in [0.29, 0.717) is 0 Å². The average Bonchev–Trinajstić information content (AvgIpc) is 3.09. The number of ether oxygens (including phenoxy) is 2. The number of nitrogens with one attached hydrogen (secondary N) is 1. The lowest BCUT2D eigenvalue weighted by molar-refractivity contribution is -0.157. The normalized spacial score (nSPS) is 16.0. The van der Waals surface area contributed by atoms with Crippen LogP contribution in [0, 0.1) is 0 Å². The molecule has 150 valence electrons. The van der Waals surface area contributed by atoms with E-state index in [9.17, 15) is 15.0 Å². The molecule has 0 amide bonds. The van der Waals surface area contributed by atoms with E-state index in [2.05, 4.69) is 4.98 Å². The number of carbonyl (C=O) groups excluding carboxylic acids is 1. The molecule has 7 N–H and O–H groups in total. The number of aromatic nitrogens is 1. The van der Waals surface area contributed by atoms with Gasteiger partial charge in [0.05, 0.1) is 19.8 Å². The number of fused-ring (bicyclic) bond motifs is 1. The second-order valence-corrected chi connectivity index (χ2v) is 6.26. The Morgan fingerprint density at radius 3 is 2.59 bits per heavy atom. The van der Waals surface area contributed by atoms with Gasteiger partial charge in [-0.1, -0.05) is 18.2 Å². The lowest BCUT2D eigenvalue weighted by Crippen LogP contribution is -2.41. The molecule has 0 aliphatic heterocycles. The van der Waals surface area contributed by atoms with Crippen molar-refractivity contribution in [3.05, 3.63) is 36.0 Å². The van der Waals surface area contributed by atoms with Crippen molar-refractivity contribution < 1.29 is 34.7 Å². The molecule has 1 aromatic heterocycles. The number of carbonyl (C=O) groups is 1. The molecule has 9 heteroatoms. The smallest absolute Gasteiger partial charge is 0.323 e. The molecule has 0 fully saturated rings.